The molecule has 0 bridgehead atoms. The molecule has 0 spiro atoms. The summed E-state index contributed by atoms with van der Waals surface area (Å²) in [7, 11) is 1.55. The summed E-state index contributed by atoms with van der Waals surface area (Å²) in [5.74, 6) is 0.931. The summed E-state index contributed by atoms with van der Waals surface area (Å²) >= 11 is 1.59. The summed E-state index contributed by atoms with van der Waals surface area (Å²) < 4.78 is 4.76. The SMILES string of the molecule is CC(C)Cn1c(=O)n(C)c(=O)c2c(SCc3ccccc3)n(Cc3cccc4ccccc34)nc21. The second kappa shape index (κ2) is 9.58. The van der Waals surface area contributed by atoms with E-state index in [0.29, 0.717) is 29.9 Å². The van der Waals surface area contributed by atoms with E-state index in [0.717, 1.165) is 26.9 Å². The van der Waals surface area contributed by atoms with Crippen LogP contribution in [-0.2, 0) is 25.9 Å². The molecule has 7 heteroatoms. The van der Waals surface area contributed by atoms with Crippen molar-refractivity contribution >= 4 is 33.6 Å². The predicted molar refractivity (Wildman–Crippen MR) is 143 cm³/mol. The van der Waals surface area contributed by atoms with Crippen molar-refractivity contribution in [3.05, 3.63) is 105 Å². The average molecular weight is 485 g/mol. The van der Waals surface area contributed by atoms with Gasteiger partial charge in [0.2, 0.25) is 0 Å². The maximum Gasteiger partial charge on any atom is 0.332 e. The first kappa shape index (κ1) is 23.2. The Bertz CT molecular complexity index is 1630. The van der Waals surface area contributed by atoms with Gasteiger partial charge in [0.25, 0.3) is 5.56 Å². The molecule has 0 aliphatic carbocycles. The molecule has 0 saturated heterocycles. The van der Waals surface area contributed by atoms with Crippen molar-refractivity contribution in [3.8, 4) is 0 Å². The Balaban J connectivity index is 1.71. The lowest BCUT2D eigenvalue weighted by Crippen LogP contribution is -2.38. The fourth-order valence-electron chi connectivity index (χ4n) is 4.44. The first-order chi connectivity index (χ1) is 16.9. The standard InChI is InChI=1S/C28H28N4O2S/c1-19(2)16-31-25-24(26(33)30(3)28(31)34)27(35-18-20-10-5-4-6-11-20)32(29-25)17-22-14-9-13-21-12-7-8-15-23(21)22/h4-15,19H,16-18H2,1-3H3. The van der Waals surface area contributed by atoms with E-state index < -0.39 is 0 Å². The van der Waals surface area contributed by atoms with E-state index in [2.05, 4.69) is 50.2 Å². The van der Waals surface area contributed by atoms with Crippen LogP contribution in [0, 0.1) is 5.92 Å². The van der Waals surface area contributed by atoms with Gasteiger partial charge in [-0.15, -0.1) is 11.8 Å². The minimum Gasteiger partial charge on any atom is -0.276 e. The molecule has 35 heavy (non-hydrogen) atoms. The second-order valence-electron chi connectivity index (χ2n) is 9.23. The molecule has 178 valence electrons. The first-order valence-corrected chi connectivity index (χ1v) is 12.8. The smallest absolute Gasteiger partial charge is 0.276 e. The van der Waals surface area contributed by atoms with Crippen molar-refractivity contribution in [3.63, 3.8) is 0 Å². The quantitative estimate of drug-likeness (QED) is 0.304. The Hall–Kier alpha value is -3.58. The van der Waals surface area contributed by atoms with Gasteiger partial charge in [-0.2, -0.15) is 5.10 Å². The fraction of sp³-hybridized carbons (Fsp3) is 0.250. The monoisotopic (exact) mass is 484 g/mol. The molecule has 5 rings (SSSR count). The van der Waals surface area contributed by atoms with Gasteiger partial charge in [-0.1, -0.05) is 86.6 Å². The van der Waals surface area contributed by atoms with Crippen molar-refractivity contribution in [2.24, 2.45) is 13.0 Å². The lowest BCUT2D eigenvalue weighted by Gasteiger charge is -2.11. The molecule has 0 fully saturated rings. The van der Waals surface area contributed by atoms with Gasteiger partial charge < -0.3 is 0 Å². The van der Waals surface area contributed by atoms with E-state index in [1.807, 2.05) is 41.1 Å². The van der Waals surface area contributed by atoms with Crippen LogP contribution in [0.4, 0.5) is 0 Å². The highest BCUT2D eigenvalue weighted by molar-refractivity contribution is 7.98. The zero-order valence-electron chi connectivity index (χ0n) is 20.1. The van der Waals surface area contributed by atoms with E-state index in [-0.39, 0.29) is 17.2 Å². The topological polar surface area (TPSA) is 61.8 Å². The number of benzene rings is 3. The molecule has 0 saturated carbocycles. The third-order valence-electron chi connectivity index (χ3n) is 6.15. The Kier molecular flexibility index (Phi) is 6.34. The van der Waals surface area contributed by atoms with Crippen molar-refractivity contribution in [1.82, 2.24) is 18.9 Å². The van der Waals surface area contributed by atoms with E-state index >= 15 is 0 Å². The number of hydrogen-bond acceptors (Lipinski definition) is 4. The van der Waals surface area contributed by atoms with Gasteiger partial charge in [0.15, 0.2) is 5.65 Å². The van der Waals surface area contributed by atoms with Crippen molar-refractivity contribution in [2.45, 2.75) is 37.7 Å². The number of hydrogen-bond donors (Lipinski definition) is 0. The largest absolute Gasteiger partial charge is 0.332 e. The minimum atomic E-state index is -0.328. The third kappa shape index (κ3) is 4.44. The predicted octanol–water partition coefficient (Wildman–Crippen LogP) is 5.05. The highest BCUT2D eigenvalue weighted by Crippen LogP contribution is 2.30. The summed E-state index contributed by atoms with van der Waals surface area (Å²) in [5.41, 5.74) is 2.11. The molecule has 0 radical (unpaired) electrons. The minimum absolute atomic E-state index is 0.233. The summed E-state index contributed by atoms with van der Waals surface area (Å²) in [6.45, 7) is 5.12. The fourth-order valence-corrected chi connectivity index (χ4v) is 5.51. The van der Waals surface area contributed by atoms with E-state index in [1.54, 1.807) is 23.4 Å². The number of aromatic nitrogens is 4. The third-order valence-corrected chi connectivity index (χ3v) is 7.31. The molecule has 0 aliphatic rings. The Morgan fingerprint density at radius 1 is 0.914 bits per heavy atom. The van der Waals surface area contributed by atoms with Crippen molar-refractivity contribution in [1.29, 1.82) is 0 Å². The normalized spacial score (nSPS) is 11.7. The van der Waals surface area contributed by atoms with E-state index in [4.69, 9.17) is 5.10 Å². The van der Waals surface area contributed by atoms with Gasteiger partial charge in [-0.05, 0) is 27.8 Å². The van der Waals surface area contributed by atoms with Crippen LogP contribution in [0.15, 0.2) is 87.4 Å². The Morgan fingerprint density at radius 3 is 2.40 bits per heavy atom. The molecular formula is C28H28N4O2S. The number of nitrogens with zero attached hydrogens (tertiary/aromatic N) is 4. The highest BCUT2D eigenvalue weighted by Gasteiger charge is 2.22. The zero-order valence-corrected chi connectivity index (χ0v) is 21.0. The molecule has 2 heterocycles. The van der Waals surface area contributed by atoms with Crippen LogP contribution >= 0.6 is 11.8 Å². The molecular weight excluding hydrogens is 456 g/mol. The molecule has 0 amide bonds. The Morgan fingerprint density at radius 2 is 1.63 bits per heavy atom. The van der Waals surface area contributed by atoms with Gasteiger partial charge in [0.1, 0.15) is 10.4 Å². The van der Waals surface area contributed by atoms with Crippen LogP contribution < -0.4 is 11.2 Å². The second-order valence-corrected chi connectivity index (χ2v) is 10.2. The Labute approximate surface area is 207 Å². The molecule has 5 aromatic rings. The van der Waals surface area contributed by atoms with Crippen LogP contribution in [0.2, 0.25) is 0 Å². The van der Waals surface area contributed by atoms with Crippen LogP contribution in [0.5, 0.6) is 0 Å². The van der Waals surface area contributed by atoms with Crippen LogP contribution in [0.1, 0.15) is 25.0 Å². The van der Waals surface area contributed by atoms with Gasteiger partial charge in [0, 0.05) is 19.3 Å². The van der Waals surface area contributed by atoms with Gasteiger partial charge >= 0.3 is 5.69 Å². The van der Waals surface area contributed by atoms with E-state index in [9.17, 15) is 9.59 Å². The van der Waals surface area contributed by atoms with Gasteiger partial charge in [-0.3, -0.25) is 18.6 Å². The van der Waals surface area contributed by atoms with Gasteiger partial charge in [-0.25, -0.2) is 4.79 Å². The van der Waals surface area contributed by atoms with Crippen LogP contribution in [-0.4, -0.2) is 18.9 Å². The summed E-state index contributed by atoms with van der Waals surface area (Å²) in [6.07, 6.45) is 0. The molecule has 2 aromatic heterocycles. The summed E-state index contributed by atoms with van der Waals surface area (Å²) in [6, 6.07) is 24.7. The maximum absolute atomic E-state index is 13.4. The number of rotatable bonds is 7. The lowest BCUT2D eigenvalue weighted by molar-refractivity contribution is 0.497. The van der Waals surface area contributed by atoms with Crippen LogP contribution in [0.25, 0.3) is 21.8 Å². The van der Waals surface area contributed by atoms with E-state index in [1.165, 1.54) is 4.57 Å². The first-order valence-electron chi connectivity index (χ1n) is 11.8. The molecule has 3 aromatic carbocycles. The van der Waals surface area contributed by atoms with Crippen LogP contribution in [0.3, 0.4) is 0 Å². The molecule has 0 aliphatic heterocycles. The number of thioether (sulfide) groups is 1. The molecule has 6 nitrogen and oxygen atoms in total. The average Bonchev–Trinajstić information content (AvgIpc) is 3.22. The molecule has 0 N–H and O–H groups in total. The lowest BCUT2D eigenvalue weighted by atomic mass is 10.0. The highest BCUT2D eigenvalue weighted by atomic mass is 32.2. The number of fused-ring (bicyclic) bond motifs is 2. The maximum atomic E-state index is 13.4. The molecule has 0 atom stereocenters. The summed E-state index contributed by atoms with van der Waals surface area (Å²) in [4.78, 5) is 26.4. The van der Waals surface area contributed by atoms with Crippen molar-refractivity contribution < 1.29 is 0 Å². The summed E-state index contributed by atoms with van der Waals surface area (Å²) in [5, 5.41) is 8.50. The molecule has 0 unspecified atom stereocenters. The van der Waals surface area contributed by atoms with Crippen molar-refractivity contribution in [2.75, 3.05) is 0 Å². The zero-order chi connectivity index (χ0) is 24.5. The van der Waals surface area contributed by atoms with Gasteiger partial charge in [0.05, 0.1) is 6.54 Å².